The summed E-state index contributed by atoms with van der Waals surface area (Å²) < 4.78 is 81.2. The molecular weight excluding hydrogens is 569 g/mol. The van der Waals surface area contributed by atoms with Crippen molar-refractivity contribution in [1.82, 2.24) is 9.78 Å². The van der Waals surface area contributed by atoms with E-state index in [-0.39, 0.29) is 23.7 Å². The van der Waals surface area contributed by atoms with Crippen LogP contribution in [-0.4, -0.2) is 22.8 Å². The van der Waals surface area contributed by atoms with Crippen LogP contribution in [0.25, 0.3) is 6.08 Å². The number of carbonyl (C=O) groups excluding carboxylic acids is 1. The van der Waals surface area contributed by atoms with Gasteiger partial charge in [0.2, 0.25) is 11.7 Å². The first-order chi connectivity index (χ1) is 19.5. The SMILES string of the molecule is COc1ccc(/C=C/C(=O)Nc2c(C)nn(Cc3c(F)c(F)c(F)c(F)c3F)c2C)cc1COc1ccc(Cl)cc1. The van der Waals surface area contributed by atoms with E-state index >= 15 is 0 Å². The van der Waals surface area contributed by atoms with Crippen LogP contribution in [0, 0.1) is 42.9 Å². The smallest absolute Gasteiger partial charge is 0.248 e. The number of anilines is 1. The topological polar surface area (TPSA) is 65.4 Å². The van der Waals surface area contributed by atoms with Crippen LogP contribution in [0.2, 0.25) is 5.02 Å². The maximum Gasteiger partial charge on any atom is 0.248 e. The summed E-state index contributed by atoms with van der Waals surface area (Å²) in [6, 6.07) is 12.1. The molecule has 0 unspecified atom stereocenters. The van der Waals surface area contributed by atoms with Crippen LogP contribution in [0.4, 0.5) is 27.6 Å². The Kier molecular flexibility index (Phi) is 8.97. The summed E-state index contributed by atoms with van der Waals surface area (Å²) in [6.45, 7) is 2.47. The number of aromatic nitrogens is 2. The van der Waals surface area contributed by atoms with Gasteiger partial charge in [-0.15, -0.1) is 0 Å². The van der Waals surface area contributed by atoms with Gasteiger partial charge in [-0.05, 0) is 61.9 Å². The van der Waals surface area contributed by atoms with Gasteiger partial charge in [0.25, 0.3) is 0 Å². The number of rotatable bonds is 9. The minimum Gasteiger partial charge on any atom is -0.496 e. The van der Waals surface area contributed by atoms with Crippen molar-refractivity contribution < 1.29 is 36.2 Å². The van der Waals surface area contributed by atoms with Gasteiger partial charge in [-0.25, -0.2) is 22.0 Å². The lowest BCUT2D eigenvalue weighted by Gasteiger charge is -2.11. The van der Waals surface area contributed by atoms with Crippen molar-refractivity contribution >= 4 is 29.3 Å². The van der Waals surface area contributed by atoms with Crippen LogP contribution in [0.1, 0.15) is 28.1 Å². The van der Waals surface area contributed by atoms with Crippen molar-refractivity contribution in [3.8, 4) is 11.5 Å². The molecule has 0 saturated carbocycles. The summed E-state index contributed by atoms with van der Waals surface area (Å²) in [6.07, 6.45) is 2.83. The normalized spacial score (nSPS) is 11.2. The van der Waals surface area contributed by atoms with Crippen molar-refractivity contribution in [2.45, 2.75) is 27.0 Å². The highest BCUT2D eigenvalue weighted by Gasteiger charge is 2.27. The zero-order valence-electron chi connectivity index (χ0n) is 22.0. The van der Waals surface area contributed by atoms with Crippen LogP contribution >= 0.6 is 11.6 Å². The average Bonchev–Trinajstić information content (AvgIpc) is 3.23. The van der Waals surface area contributed by atoms with E-state index in [1.54, 1.807) is 48.5 Å². The van der Waals surface area contributed by atoms with Crippen molar-refractivity contribution in [1.29, 1.82) is 0 Å². The quantitative estimate of drug-likeness (QED) is 0.0973. The molecule has 0 fully saturated rings. The summed E-state index contributed by atoms with van der Waals surface area (Å²) in [5.41, 5.74) is 1.12. The van der Waals surface area contributed by atoms with Gasteiger partial charge in [0.15, 0.2) is 23.3 Å². The van der Waals surface area contributed by atoms with Gasteiger partial charge < -0.3 is 14.8 Å². The molecule has 4 aromatic rings. The lowest BCUT2D eigenvalue weighted by atomic mass is 10.1. The number of halogens is 6. The Labute approximate surface area is 237 Å². The summed E-state index contributed by atoms with van der Waals surface area (Å²) >= 11 is 5.90. The molecule has 1 N–H and O–H groups in total. The molecule has 214 valence electrons. The second-order valence-electron chi connectivity index (χ2n) is 8.89. The molecule has 1 amide bonds. The molecule has 1 aromatic heterocycles. The monoisotopic (exact) mass is 591 g/mol. The Morgan fingerprint density at radius 3 is 2.24 bits per heavy atom. The summed E-state index contributed by atoms with van der Waals surface area (Å²) in [4.78, 5) is 12.7. The van der Waals surface area contributed by atoms with E-state index in [4.69, 9.17) is 21.1 Å². The first kappa shape index (κ1) is 29.6. The van der Waals surface area contributed by atoms with Gasteiger partial charge in [-0.2, -0.15) is 5.10 Å². The fraction of sp³-hybridized carbons (Fsp3) is 0.172. The minimum absolute atomic E-state index is 0.194. The van der Waals surface area contributed by atoms with Gasteiger partial charge in [0.1, 0.15) is 18.1 Å². The second-order valence-corrected chi connectivity index (χ2v) is 9.32. The van der Waals surface area contributed by atoms with Gasteiger partial charge in [-0.1, -0.05) is 17.7 Å². The van der Waals surface area contributed by atoms with Crippen LogP contribution in [0.15, 0.2) is 48.5 Å². The lowest BCUT2D eigenvalue weighted by Crippen LogP contribution is -2.13. The number of aryl methyl sites for hydroxylation is 1. The number of benzene rings is 3. The predicted molar refractivity (Wildman–Crippen MR) is 143 cm³/mol. The third-order valence-corrected chi connectivity index (χ3v) is 6.43. The number of nitrogens with one attached hydrogen (secondary N) is 1. The van der Waals surface area contributed by atoms with Crippen LogP contribution in [0.5, 0.6) is 11.5 Å². The third kappa shape index (κ3) is 6.51. The molecule has 0 bridgehead atoms. The molecule has 1 heterocycles. The molecule has 41 heavy (non-hydrogen) atoms. The van der Waals surface area contributed by atoms with E-state index in [9.17, 15) is 26.7 Å². The minimum atomic E-state index is -2.24. The fourth-order valence-corrected chi connectivity index (χ4v) is 4.14. The van der Waals surface area contributed by atoms with Crippen LogP contribution in [0.3, 0.4) is 0 Å². The van der Waals surface area contributed by atoms with Gasteiger partial charge in [0.05, 0.1) is 36.3 Å². The number of carbonyl (C=O) groups is 1. The molecule has 0 aliphatic carbocycles. The maximum atomic E-state index is 14.2. The molecular formula is C29H23ClF5N3O3. The number of hydrogen-bond acceptors (Lipinski definition) is 4. The maximum absolute atomic E-state index is 14.2. The molecule has 4 rings (SSSR count). The highest BCUT2D eigenvalue weighted by Crippen LogP contribution is 2.27. The Bertz CT molecular complexity index is 1610. The van der Waals surface area contributed by atoms with Crippen LogP contribution < -0.4 is 14.8 Å². The highest BCUT2D eigenvalue weighted by atomic mass is 35.5. The summed E-state index contributed by atoms with van der Waals surface area (Å²) in [7, 11) is 1.53. The van der Waals surface area contributed by atoms with E-state index in [0.29, 0.717) is 22.1 Å². The molecule has 0 atom stereocenters. The van der Waals surface area contributed by atoms with Crippen LogP contribution in [-0.2, 0) is 17.9 Å². The summed E-state index contributed by atoms with van der Waals surface area (Å²) in [5, 5.41) is 7.31. The Morgan fingerprint density at radius 1 is 0.976 bits per heavy atom. The second kappa shape index (κ2) is 12.4. The highest BCUT2D eigenvalue weighted by molar-refractivity contribution is 6.30. The van der Waals surface area contributed by atoms with Crippen molar-refractivity contribution in [3.05, 3.63) is 111 Å². The number of ether oxygens (including phenoxy) is 2. The average molecular weight is 592 g/mol. The molecule has 0 aliphatic heterocycles. The van der Waals surface area contributed by atoms with Crippen molar-refractivity contribution in [3.63, 3.8) is 0 Å². The first-order valence-electron chi connectivity index (χ1n) is 12.1. The van der Waals surface area contributed by atoms with Gasteiger partial charge >= 0.3 is 0 Å². The van der Waals surface area contributed by atoms with Gasteiger partial charge in [0, 0.05) is 16.7 Å². The third-order valence-electron chi connectivity index (χ3n) is 6.18. The molecule has 0 aliphatic rings. The van der Waals surface area contributed by atoms with Crippen molar-refractivity contribution in [2.75, 3.05) is 12.4 Å². The number of methoxy groups -OCH3 is 1. The Morgan fingerprint density at radius 2 is 1.61 bits per heavy atom. The van der Waals surface area contributed by atoms with E-state index in [1.165, 1.54) is 27.0 Å². The molecule has 0 saturated heterocycles. The van der Waals surface area contributed by atoms with Gasteiger partial charge in [-0.3, -0.25) is 9.48 Å². The zero-order valence-corrected chi connectivity index (χ0v) is 22.8. The van der Waals surface area contributed by atoms with E-state index < -0.39 is 47.1 Å². The number of amides is 1. The number of nitrogens with zero attached hydrogens (tertiary/aromatic N) is 2. The van der Waals surface area contributed by atoms with E-state index in [2.05, 4.69) is 10.4 Å². The molecule has 0 radical (unpaired) electrons. The molecule has 0 spiro atoms. The Hall–Kier alpha value is -4.38. The van der Waals surface area contributed by atoms with E-state index in [1.807, 2.05) is 0 Å². The van der Waals surface area contributed by atoms with E-state index in [0.717, 1.165) is 10.2 Å². The van der Waals surface area contributed by atoms with Crippen molar-refractivity contribution in [2.24, 2.45) is 0 Å². The number of hydrogen-bond donors (Lipinski definition) is 1. The zero-order chi connectivity index (χ0) is 29.8. The predicted octanol–water partition coefficient (Wildman–Crippen LogP) is 7.14. The fourth-order valence-electron chi connectivity index (χ4n) is 4.01. The standard InChI is InChI=1S/C29H23ClF5N3O3/c1-15-29(16(2)38(37-15)13-21-24(31)26(33)28(35)27(34)25(21)32)36-23(39)11-5-17-4-10-22(40-3)18(12-17)14-41-20-8-6-19(30)7-9-20/h4-12H,13-14H2,1-3H3,(H,36,39)/b11-5+. The Balaban J connectivity index is 1.48. The molecule has 12 heteroatoms. The molecule has 6 nitrogen and oxygen atoms in total. The largest absolute Gasteiger partial charge is 0.496 e. The first-order valence-corrected chi connectivity index (χ1v) is 12.5. The summed E-state index contributed by atoms with van der Waals surface area (Å²) in [5.74, 6) is -9.55. The lowest BCUT2D eigenvalue weighted by molar-refractivity contribution is -0.111. The molecule has 3 aromatic carbocycles.